The fraction of sp³-hybridized carbons (Fsp3) is 0.148. The minimum absolute atomic E-state index is 0.0890. The first-order valence-electron chi connectivity index (χ1n) is 10.4. The smallest absolute Gasteiger partial charge is 0.165 e. The zero-order valence-electron chi connectivity index (χ0n) is 17.3. The van der Waals surface area contributed by atoms with Crippen LogP contribution >= 0.6 is 11.6 Å². The Balaban J connectivity index is 1.60. The van der Waals surface area contributed by atoms with Gasteiger partial charge in [-0.3, -0.25) is 4.79 Å². The lowest BCUT2D eigenvalue weighted by molar-refractivity contribution is 0.0976. The van der Waals surface area contributed by atoms with Crippen LogP contribution in [-0.4, -0.2) is 12.4 Å². The predicted molar refractivity (Wildman–Crippen MR) is 128 cm³/mol. The van der Waals surface area contributed by atoms with E-state index < -0.39 is 0 Å². The van der Waals surface area contributed by atoms with E-state index >= 15 is 0 Å². The summed E-state index contributed by atoms with van der Waals surface area (Å²) in [5.74, 6) is 0.906. The number of halogens is 1. The molecular weight excluding hydrogens is 406 g/mol. The van der Waals surface area contributed by atoms with Gasteiger partial charge in [-0.25, -0.2) is 0 Å². The Morgan fingerprint density at radius 1 is 0.903 bits per heavy atom. The van der Waals surface area contributed by atoms with Gasteiger partial charge in [-0.05, 0) is 65.7 Å². The van der Waals surface area contributed by atoms with Crippen LogP contribution in [0.2, 0.25) is 5.02 Å². The number of hydrogen-bond donors (Lipinski definition) is 1. The van der Waals surface area contributed by atoms with Gasteiger partial charge in [0.2, 0.25) is 0 Å². The van der Waals surface area contributed by atoms with Gasteiger partial charge in [-0.15, -0.1) is 0 Å². The molecule has 4 aromatic rings. The van der Waals surface area contributed by atoms with Crippen molar-refractivity contribution in [2.75, 3.05) is 11.9 Å². The number of carbonyl (C=O) groups is 1. The molecule has 1 atom stereocenters. The third kappa shape index (κ3) is 5.25. The average molecular weight is 430 g/mol. The van der Waals surface area contributed by atoms with Crippen LogP contribution < -0.4 is 10.1 Å². The molecule has 0 amide bonds. The van der Waals surface area contributed by atoms with Gasteiger partial charge >= 0.3 is 0 Å². The van der Waals surface area contributed by atoms with Crippen LogP contribution in [0.4, 0.5) is 5.69 Å². The summed E-state index contributed by atoms with van der Waals surface area (Å²) in [7, 11) is 0. The molecule has 4 rings (SSSR count). The fourth-order valence-corrected chi connectivity index (χ4v) is 3.75. The van der Waals surface area contributed by atoms with Crippen molar-refractivity contribution in [1.82, 2.24) is 0 Å². The number of hydrogen-bond acceptors (Lipinski definition) is 3. The van der Waals surface area contributed by atoms with Crippen molar-refractivity contribution < 1.29 is 9.53 Å². The lowest BCUT2D eigenvalue weighted by atomic mass is 9.96. The maximum Gasteiger partial charge on any atom is 0.165 e. The fourth-order valence-electron chi connectivity index (χ4n) is 3.63. The lowest BCUT2D eigenvalue weighted by Gasteiger charge is -2.21. The van der Waals surface area contributed by atoms with E-state index in [2.05, 4.69) is 11.4 Å². The molecule has 0 saturated heterocycles. The number of nitrogens with one attached hydrogen (secondary N) is 1. The zero-order chi connectivity index (χ0) is 21.6. The number of benzene rings is 4. The zero-order valence-corrected chi connectivity index (χ0v) is 18.1. The second-order valence-electron chi connectivity index (χ2n) is 7.40. The van der Waals surface area contributed by atoms with Crippen molar-refractivity contribution in [2.24, 2.45) is 0 Å². The van der Waals surface area contributed by atoms with E-state index in [1.165, 1.54) is 0 Å². The molecule has 0 radical (unpaired) electrons. The summed E-state index contributed by atoms with van der Waals surface area (Å²) in [6.45, 7) is 2.58. The largest absolute Gasteiger partial charge is 0.494 e. The molecule has 4 aromatic carbocycles. The number of Topliss-reactive ketones (excluding diaryl/α,β-unsaturated/α-hetero) is 1. The molecule has 0 saturated carbocycles. The highest BCUT2D eigenvalue weighted by atomic mass is 35.5. The van der Waals surface area contributed by atoms with Crippen LogP contribution in [-0.2, 0) is 0 Å². The molecule has 0 aliphatic heterocycles. The van der Waals surface area contributed by atoms with E-state index in [1.54, 1.807) is 0 Å². The predicted octanol–water partition coefficient (Wildman–Crippen LogP) is 7.32. The summed E-state index contributed by atoms with van der Waals surface area (Å²) in [6, 6.07) is 29.2. The maximum atomic E-state index is 13.2. The Morgan fingerprint density at radius 3 is 2.32 bits per heavy atom. The van der Waals surface area contributed by atoms with Gasteiger partial charge in [0.05, 0.1) is 12.6 Å². The highest BCUT2D eigenvalue weighted by Gasteiger charge is 2.18. The van der Waals surface area contributed by atoms with Crippen LogP contribution in [0, 0.1) is 0 Å². The molecule has 0 aliphatic carbocycles. The summed E-state index contributed by atoms with van der Waals surface area (Å²) in [5, 5.41) is 6.36. The van der Waals surface area contributed by atoms with Gasteiger partial charge in [0.15, 0.2) is 5.78 Å². The quantitative estimate of drug-likeness (QED) is 0.298. The van der Waals surface area contributed by atoms with Gasteiger partial charge in [-0.2, -0.15) is 0 Å². The van der Waals surface area contributed by atoms with Crippen LogP contribution in [0.5, 0.6) is 5.75 Å². The normalized spacial score (nSPS) is 11.8. The lowest BCUT2D eigenvalue weighted by Crippen LogP contribution is -2.16. The van der Waals surface area contributed by atoms with Crippen LogP contribution in [0.25, 0.3) is 10.8 Å². The van der Waals surface area contributed by atoms with E-state index in [9.17, 15) is 4.79 Å². The van der Waals surface area contributed by atoms with Gasteiger partial charge in [0.25, 0.3) is 0 Å². The summed E-state index contributed by atoms with van der Waals surface area (Å²) in [4.78, 5) is 13.2. The third-order valence-electron chi connectivity index (χ3n) is 5.24. The molecule has 0 heterocycles. The topological polar surface area (TPSA) is 38.3 Å². The number of fused-ring (bicyclic) bond motifs is 1. The molecule has 1 N–H and O–H groups in total. The first-order chi connectivity index (χ1) is 15.1. The molecule has 0 spiro atoms. The highest BCUT2D eigenvalue weighted by molar-refractivity contribution is 6.30. The second kappa shape index (κ2) is 9.67. The Labute approximate surface area is 187 Å². The summed E-state index contributed by atoms with van der Waals surface area (Å²) in [6.07, 6.45) is 0.328. The number of ether oxygens (including phenoxy) is 1. The number of rotatable bonds is 8. The average Bonchev–Trinajstić information content (AvgIpc) is 2.80. The molecular formula is C27H24ClNO2. The van der Waals surface area contributed by atoms with Crippen molar-refractivity contribution in [2.45, 2.75) is 19.4 Å². The van der Waals surface area contributed by atoms with Crippen molar-refractivity contribution in [1.29, 1.82) is 0 Å². The van der Waals surface area contributed by atoms with Crippen molar-refractivity contribution in [3.8, 4) is 5.75 Å². The standard InChI is InChI=1S/C27H24ClNO2/c1-2-31-25-15-9-20(10-16-25)26(29-24-13-11-23(28)12-14-24)18-27(30)22-8-7-19-5-3-4-6-21(19)17-22/h3-17,26,29H,2,18H2,1H3. The second-order valence-corrected chi connectivity index (χ2v) is 7.83. The summed E-state index contributed by atoms with van der Waals surface area (Å²) < 4.78 is 5.56. The monoisotopic (exact) mass is 429 g/mol. The third-order valence-corrected chi connectivity index (χ3v) is 5.49. The van der Waals surface area contributed by atoms with E-state index in [0.717, 1.165) is 27.8 Å². The van der Waals surface area contributed by atoms with Crippen LogP contribution in [0.1, 0.15) is 35.3 Å². The molecule has 3 nitrogen and oxygen atoms in total. The number of ketones is 1. The van der Waals surface area contributed by atoms with Gasteiger partial charge in [0.1, 0.15) is 5.75 Å². The maximum absolute atomic E-state index is 13.2. The Hall–Kier alpha value is -3.30. The Morgan fingerprint density at radius 2 is 1.61 bits per heavy atom. The number of carbonyl (C=O) groups excluding carboxylic acids is 1. The Bertz CT molecular complexity index is 1170. The Kier molecular flexibility index (Phi) is 6.54. The minimum Gasteiger partial charge on any atom is -0.494 e. The molecule has 1 unspecified atom stereocenters. The first kappa shape index (κ1) is 21.0. The summed E-state index contributed by atoms with van der Waals surface area (Å²) >= 11 is 6.03. The van der Waals surface area contributed by atoms with Gasteiger partial charge in [-0.1, -0.05) is 60.1 Å². The number of anilines is 1. The first-order valence-corrected chi connectivity index (χ1v) is 10.8. The van der Waals surface area contributed by atoms with Crippen molar-refractivity contribution in [3.05, 3.63) is 107 Å². The van der Waals surface area contributed by atoms with E-state index in [4.69, 9.17) is 16.3 Å². The molecule has 0 fully saturated rings. The van der Waals surface area contributed by atoms with Crippen LogP contribution in [0.3, 0.4) is 0 Å². The molecule has 0 aliphatic rings. The van der Waals surface area contributed by atoms with E-state index in [1.807, 2.05) is 91.9 Å². The molecule has 31 heavy (non-hydrogen) atoms. The van der Waals surface area contributed by atoms with E-state index in [0.29, 0.717) is 23.6 Å². The van der Waals surface area contributed by atoms with Gasteiger partial charge in [0, 0.05) is 22.7 Å². The molecule has 156 valence electrons. The SMILES string of the molecule is CCOc1ccc(C(CC(=O)c2ccc3ccccc3c2)Nc2ccc(Cl)cc2)cc1. The van der Waals surface area contributed by atoms with Crippen molar-refractivity contribution >= 4 is 33.8 Å². The summed E-state index contributed by atoms with van der Waals surface area (Å²) in [5.41, 5.74) is 2.65. The van der Waals surface area contributed by atoms with Crippen LogP contribution in [0.15, 0.2) is 91.0 Å². The molecule has 4 heteroatoms. The molecule has 0 aromatic heterocycles. The van der Waals surface area contributed by atoms with Gasteiger partial charge < -0.3 is 10.1 Å². The minimum atomic E-state index is -0.184. The van der Waals surface area contributed by atoms with E-state index in [-0.39, 0.29) is 11.8 Å². The van der Waals surface area contributed by atoms with Crippen molar-refractivity contribution in [3.63, 3.8) is 0 Å². The highest BCUT2D eigenvalue weighted by Crippen LogP contribution is 2.28. The molecule has 0 bridgehead atoms.